The number of hydrogen-bond donors (Lipinski definition) is 1. The molecule has 1 fully saturated rings. The summed E-state index contributed by atoms with van der Waals surface area (Å²) >= 11 is 13.4. The SMILES string of the molecule is CC1CCC(C(=O)O)CN1C(=O)c1csc(-c2ccc(Cl)cc2Cl)n1. The summed E-state index contributed by atoms with van der Waals surface area (Å²) in [7, 11) is 0. The quantitative estimate of drug-likeness (QED) is 0.828. The molecule has 5 nitrogen and oxygen atoms in total. The minimum Gasteiger partial charge on any atom is -0.481 e. The van der Waals surface area contributed by atoms with Gasteiger partial charge in [0, 0.05) is 28.6 Å². The van der Waals surface area contributed by atoms with Crippen molar-refractivity contribution in [2.45, 2.75) is 25.8 Å². The molecule has 2 atom stereocenters. The minimum atomic E-state index is -0.864. The number of amides is 1. The Balaban J connectivity index is 1.83. The lowest BCUT2D eigenvalue weighted by molar-refractivity contribution is -0.143. The molecule has 2 heterocycles. The molecule has 0 aliphatic carbocycles. The topological polar surface area (TPSA) is 70.5 Å². The maximum atomic E-state index is 12.8. The Labute approximate surface area is 159 Å². The summed E-state index contributed by atoms with van der Waals surface area (Å²) in [6, 6.07) is 5.11. The van der Waals surface area contributed by atoms with E-state index in [2.05, 4.69) is 4.98 Å². The number of thiazole rings is 1. The molecule has 0 radical (unpaired) electrons. The van der Waals surface area contributed by atoms with E-state index in [0.29, 0.717) is 39.2 Å². The molecule has 1 N–H and O–H groups in total. The summed E-state index contributed by atoms with van der Waals surface area (Å²) in [5, 5.41) is 12.5. The van der Waals surface area contributed by atoms with Gasteiger partial charge in [0.15, 0.2) is 0 Å². The van der Waals surface area contributed by atoms with Gasteiger partial charge in [-0.05, 0) is 38.0 Å². The molecule has 0 bridgehead atoms. The van der Waals surface area contributed by atoms with E-state index in [1.165, 1.54) is 11.3 Å². The number of benzene rings is 1. The van der Waals surface area contributed by atoms with Gasteiger partial charge in [0.25, 0.3) is 5.91 Å². The molecule has 1 aromatic carbocycles. The standard InChI is InChI=1S/C17H16Cl2N2O3S/c1-9-2-3-10(17(23)24)7-21(9)16(22)14-8-25-15(20-14)12-5-4-11(18)6-13(12)19/h4-6,8-10H,2-3,7H2,1H3,(H,23,24). The fourth-order valence-electron chi connectivity index (χ4n) is 2.90. The van der Waals surface area contributed by atoms with Crippen LogP contribution in [0.3, 0.4) is 0 Å². The fraction of sp³-hybridized carbons (Fsp3) is 0.353. The van der Waals surface area contributed by atoms with Gasteiger partial charge in [0.1, 0.15) is 10.7 Å². The lowest BCUT2D eigenvalue weighted by Crippen LogP contribution is -2.47. The molecule has 1 aliphatic heterocycles. The molecule has 0 spiro atoms. The maximum absolute atomic E-state index is 12.8. The fourth-order valence-corrected chi connectivity index (χ4v) is 4.28. The predicted octanol–water partition coefficient (Wildman–Crippen LogP) is 4.44. The van der Waals surface area contributed by atoms with E-state index in [1.807, 2.05) is 6.92 Å². The molecule has 0 saturated carbocycles. The summed E-state index contributed by atoms with van der Waals surface area (Å²) in [6.07, 6.45) is 1.26. The number of hydrogen-bond acceptors (Lipinski definition) is 4. The van der Waals surface area contributed by atoms with Gasteiger partial charge in [-0.15, -0.1) is 11.3 Å². The Morgan fingerprint density at radius 2 is 2.08 bits per heavy atom. The van der Waals surface area contributed by atoms with Crippen molar-refractivity contribution in [3.63, 3.8) is 0 Å². The van der Waals surface area contributed by atoms with Crippen molar-refractivity contribution in [1.29, 1.82) is 0 Å². The van der Waals surface area contributed by atoms with E-state index >= 15 is 0 Å². The van der Waals surface area contributed by atoms with Crippen LogP contribution in [0, 0.1) is 5.92 Å². The highest BCUT2D eigenvalue weighted by atomic mass is 35.5. The molecular weight excluding hydrogens is 383 g/mol. The highest BCUT2D eigenvalue weighted by Crippen LogP contribution is 2.33. The van der Waals surface area contributed by atoms with E-state index in [0.717, 1.165) is 0 Å². The molecule has 1 aliphatic rings. The van der Waals surface area contributed by atoms with Crippen molar-refractivity contribution in [3.8, 4) is 10.6 Å². The van der Waals surface area contributed by atoms with E-state index in [-0.39, 0.29) is 18.5 Å². The van der Waals surface area contributed by atoms with E-state index in [1.54, 1.807) is 28.5 Å². The number of likely N-dealkylation sites (tertiary alicyclic amines) is 1. The van der Waals surface area contributed by atoms with Crippen LogP contribution in [0.5, 0.6) is 0 Å². The normalized spacial score (nSPS) is 20.5. The van der Waals surface area contributed by atoms with E-state index in [4.69, 9.17) is 23.2 Å². The third kappa shape index (κ3) is 3.81. The van der Waals surface area contributed by atoms with Crippen LogP contribution in [0.1, 0.15) is 30.3 Å². The molecule has 1 amide bonds. The van der Waals surface area contributed by atoms with Crippen LogP contribution in [0.15, 0.2) is 23.6 Å². The van der Waals surface area contributed by atoms with Gasteiger partial charge in [0.05, 0.1) is 10.9 Å². The van der Waals surface area contributed by atoms with Crippen molar-refractivity contribution in [3.05, 3.63) is 39.3 Å². The first-order chi connectivity index (χ1) is 11.9. The smallest absolute Gasteiger partial charge is 0.308 e. The molecule has 25 heavy (non-hydrogen) atoms. The number of piperidine rings is 1. The minimum absolute atomic E-state index is 0.00706. The molecule has 2 aromatic rings. The van der Waals surface area contributed by atoms with Gasteiger partial charge < -0.3 is 10.0 Å². The first-order valence-corrected chi connectivity index (χ1v) is 9.45. The molecule has 2 unspecified atom stereocenters. The summed E-state index contributed by atoms with van der Waals surface area (Å²) in [5.74, 6) is -1.63. The number of carbonyl (C=O) groups is 2. The lowest BCUT2D eigenvalue weighted by atomic mass is 9.93. The largest absolute Gasteiger partial charge is 0.481 e. The third-order valence-corrected chi connectivity index (χ3v) is 5.80. The Morgan fingerprint density at radius 3 is 2.76 bits per heavy atom. The van der Waals surface area contributed by atoms with Crippen LogP contribution in [0.2, 0.25) is 10.0 Å². The Bertz CT molecular complexity index is 824. The first kappa shape index (κ1) is 18.2. The monoisotopic (exact) mass is 398 g/mol. The van der Waals surface area contributed by atoms with Gasteiger partial charge in [-0.25, -0.2) is 4.98 Å². The van der Waals surface area contributed by atoms with Crippen molar-refractivity contribution in [2.75, 3.05) is 6.54 Å². The Hall–Kier alpha value is -1.63. The van der Waals surface area contributed by atoms with Crippen LogP contribution in [-0.4, -0.2) is 39.5 Å². The van der Waals surface area contributed by atoms with Gasteiger partial charge in [-0.1, -0.05) is 23.2 Å². The second-order valence-corrected chi connectivity index (χ2v) is 7.78. The molecule has 1 saturated heterocycles. The third-order valence-electron chi connectivity index (χ3n) is 4.38. The zero-order valence-corrected chi connectivity index (χ0v) is 15.7. The second kappa shape index (κ2) is 7.32. The second-order valence-electron chi connectivity index (χ2n) is 6.08. The number of carbonyl (C=O) groups excluding carboxylic acids is 1. The van der Waals surface area contributed by atoms with Gasteiger partial charge in [-0.3, -0.25) is 9.59 Å². The number of rotatable bonds is 3. The number of nitrogens with zero attached hydrogens (tertiary/aromatic N) is 2. The zero-order chi connectivity index (χ0) is 18.1. The Kier molecular flexibility index (Phi) is 5.32. The van der Waals surface area contributed by atoms with Crippen LogP contribution in [0.25, 0.3) is 10.6 Å². The number of carboxylic acids is 1. The highest BCUT2D eigenvalue weighted by molar-refractivity contribution is 7.13. The number of aromatic nitrogens is 1. The average Bonchev–Trinajstić information content (AvgIpc) is 3.04. The first-order valence-electron chi connectivity index (χ1n) is 7.81. The van der Waals surface area contributed by atoms with Gasteiger partial charge in [-0.2, -0.15) is 0 Å². The summed E-state index contributed by atoms with van der Waals surface area (Å²) in [6.45, 7) is 2.14. The van der Waals surface area contributed by atoms with Crippen molar-refractivity contribution in [1.82, 2.24) is 9.88 Å². The van der Waals surface area contributed by atoms with Crippen LogP contribution in [-0.2, 0) is 4.79 Å². The van der Waals surface area contributed by atoms with Crippen molar-refractivity contribution in [2.24, 2.45) is 5.92 Å². The molecule has 132 valence electrons. The molecule has 3 rings (SSSR count). The van der Waals surface area contributed by atoms with E-state index in [9.17, 15) is 14.7 Å². The van der Waals surface area contributed by atoms with Crippen molar-refractivity contribution < 1.29 is 14.7 Å². The molecule has 1 aromatic heterocycles. The number of aliphatic carboxylic acids is 1. The zero-order valence-electron chi connectivity index (χ0n) is 13.4. The maximum Gasteiger partial charge on any atom is 0.308 e. The molecular formula is C17H16Cl2N2O3S. The summed E-state index contributed by atoms with van der Waals surface area (Å²) in [4.78, 5) is 30.0. The summed E-state index contributed by atoms with van der Waals surface area (Å²) < 4.78 is 0. The highest BCUT2D eigenvalue weighted by Gasteiger charge is 2.33. The number of halogens is 2. The predicted molar refractivity (Wildman–Crippen MR) is 98.4 cm³/mol. The van der Waals surface area contributed by atoms with Crippen LogP contribution < -0.4 is 0 Å². The van der Waals surface area contributed by atoms with E-state index < -0.39 is 11.9 Å². The van der Waals surface area contributed by atoms with Gasteiger partial charge >= 0.3 is 5.97 Å². The Morgan fingerprint density at radius 1 is 1.32 bits per heavy atom. The van der Waals surface area contributed by atoms with Crippen molar-refractivity contribution >= 4 is 46.4 Å². The molecule has 8 heteroatoms. The van der Waals surface area contributed by atoms with Crippen LogP contribution in [0.4, 0.5) is 0 Å². The van der Waals surface area contributed by atoms with Crippen LogP contribution >= 0.6 is 34.5 Å². The number of carboxylic acid groups (broad SMARTS) is 1. The average molecular weight is 399 g/mol. The van der Waals surface area contributed by atoms with Gasteiger partial charge in [0.2, 0.25) is 0 Å². The lowest BCUT2D eigenvalue weighted by Gasteiger charge is -2.36. The summed E-state index contributed by atoms with van der Waals surface area (Å²) in [5.41, 5.74) is 1.02.